The minimum Gasteiger partial charge on any atom is -0.461 e. The maximum atomic E-state index is 13.8. The summed E-state index contributed by atoms with van der Waals surface area (Å²) in [5.41, 5.74) is 1.59. The molecule has 0 N–H and O–H groups in total. The zero-order valence-electron chi connectivity index (χ0n) is 15.2. The molecule has 1 atom stereocenters. The second-order valence-corrected chi connectivity index (χ2v) is 6.71. The van der Waals surface area contributed by atoms with Crippen LogP contribution in [0.4, 0.5) is 10.1 Å². The smallest absolute Gasteiger partial charge is 0.329 e. The summed E-state index contributed by atoms with van der Waals surface area (Å²) in [5.74, 6) is -0.448. The molecule has 0 fully saturated rings. The van der Waals surface area contributed by atoms with Crippen molar-refractivity contribution in [3.05, 3.63) is 29.6 Å². The third-order valence-electron chi connectivity index (χ3n) is 3.67. The molecule has 0 radical (unpaired) electrons. The molecule has 0 amide bonds. The van der Waals surface area contributed by atoms with E-state index in [1.807, 2.05) is 45.6 Å². The molecule has 0 spiro atoms. The average Bonchev–Trinajstić information content (AvgIpc) is 2.40. The fourth-order valence-corrected chi connectivity index (χ4v) is 2.70. The highest BCUT2D eigenvalue weighted by molar-refractivity contribution is 5.80. The SMILES string of the molecule is CCCCN(c1cc(C)cc(F)c1)C(C(=O)OC(C)C)C(C)C. The number of anilines is 1. The summed E-state index contributed by atoms with van der Waals surface area (Å²) in [7, 11) is 0. The molecule has 1 aromatic carbocycles. The van der Waals surface area contributed by atoms with Gasteiger partial charge >= 0.3 is 5.97 Å². The first-order valence-electron chi connectivity index (χ1n) is 8.50. The van der Waals surface area contributed by atoms with Gasteiger partial charge in [0.2, 0.25) is 0 Å². The van der Waals surface area contributed by atoms with Gasteiger partial charge in [-0.15, -0.1) is 0 Å². The van der Waals surface area contributed by atoms with Crippen LogP contribution in [0.2, 0.25) is 0 Å². The second kappa shape index (κ2) is 8.90. The summed E-state index contributed by atoms with van der Waals surface area (Å²) in [6.45, 7) is 12.4. The van der Waals surface area contributed by atoms with E-state index < -0.39 is 6.04 Å². The Labute approximate surface area is 139 Å². The van der Waals surface area contributed by atoms with Crippen LogP contribution in [0.5, 0.6) is 0 Å². The number of rotatable bonds is 8. The number of ether oxygens (including phenoxy) is 1. The third-order valence-corrected chi connectivity index (χ3v) is 3.67. The zero-order chi connectivity index (χ0) is 17.6. The van der Waals surface area contributed by atoms with Crippen molar-refractivity contribution in [3.63, 3.8) is 0 Å². The molecule has 130 valence electrons. The first-order valence-corrected chi connectivity index (χ1v) is 8.50. The van der Waals surface area contributed by atoms with E-state index in [4.69, 9.17) is 4.74 Å². The number of carbonyl (C=O) groups excluding carboxylic acids is 1. The Morgan fingerprint density at radius 1 is 1.22 bits per heavy atom. The molecule has 0 saturated heterocycles. The van der Waals surface area contributed by atoms with Crippen LogP contribution in [0.15, 0.2) is 18.2 Å². The molecule has 1 rings (SSSR count). The Kier molecular flexibility index (Phi) is 7.53. The van der Waals surface area contributed by atoms with Gasteiger partial charge in [0, 0.05) is 12.2 Å². The number of aryl methyl sites for hydroxylation is 1. The second-order valence-electron chi connectivity index (χ2n) is 6.71. The molecule has 1 aromatic rings. The van der Waals surface area contributed by atoms with E-state index in [1.54, 1.807) is 0 Å². The Bertz CT molecular complexity index is 494. The fourth-order valence-electron chi connectivity index (χ4n) is 2.70. The van der Waals surface area contributed by atoms with Crippen LogP contribution in [0.1, 0.15) is 53.0 Å². The molecule has 0 bridgehead atoms. The van der Waals surface area contributed by atoms with E-state index >= 15 is 0 Å². The van der Waals surface area contributed by atoms with Crippen molar-refractivity contribution in [2.75, 3.05) is 11.4 Å². The van der Waals surface area contributed by atoms with Crippen LogP contribution in [-0.4, -0.2) is 24.7 Å². The minimum atomic E-state index is -0.412. The standard InChI is InChI=1S/C19H30FNO2/c1-7-8-9-21(17-11-15(6)10-16(20)12-17)18(13(2)3)19(22)23-14(4)5/h10-14,18H,7-9H2,1-6H3. The Morgan fingerprint density at radius 2 is 1.87 bits per heavy atom. The van der Waals surface area contributed by atoms with Crippen LogP contribution in [-0.2, 0) is 9.53 Å². The van der Waals surface area contributed by atoms with Gasteiger partial charge in [0.25, 0.3) is 0 Å². The van der Waals surface area contributed by atoms with Crippen molar-refractivity contribution in [2.45, 2.75) is 66.5 Å². The van der Waals surface area contributed by atoms with E-state index in [0.717, 1.165) is 24.1 Å². The van der Waals surface area contributed by atoms with Gasteiger partial charge in [0.1, 0.15) is 11.9 Å². The predicted molar refractivity (Wildman–Crippen MR) is 93.2 cm³/mol. The van der Waals surface area contributed by atoms with Gasteiger partial charge in [-0.05, 0) is 56.9 Å². The minimum absolute atomic E-state index is 0.0710. The molecule has 0 aliphatic rings. The quantitative estimate of drug-likeness (QED) is 0.649. The molecule has 23 heavy (non-hydrogen) atoms. The van der Waals surface area contributed by atoms with Crippen molar-refractivity contribution < 1.29 is 13.9 Å². The number of unbranched alkanes of at least 4 members (excludes halogenated alkanes) is 1. The van der Waals surface area contributed by atoms with E-state index in [2.05, 4.69) is 6.92 Å². The molecule has 1 unspecified atom stereocenters. The van der Waals surface area contributed by atoms with Crippen molar-refractivity contribution >= 4 is 11.7 Å². The maximum absolute atomic E-state index is 13.8. The summed E-state index contributed by atoms with van der Waals surface area (Å²) in [5, 5.41) is 0. The normalized spacial score (nSPS) is 12.6. The van der Waals surface area contributed by atoms with Crippen LogP contribution < -0.4 is 4.90 Å². The first-order chi connectivity index (χ1) is 10.8. The molecule has 0 heterocycles. The van der Waals surface area contributed by atoms with Gasteiger partial charge in [-0.25, -0.2) is 9.18 Å². The molecular weight excluding hydrogens is 293 g/mol. The summed E-state index contributed by atoms with van der Waals surface area (Å²) >= 11 is 0. The molecule has 0 saturated carbocycles. The average molecular weight is 323 g/mol. The van der Waals surface area contributed by atoms with Gasteiger partial charge in [0.15, 0.2) is 0 Å². The lowest BCUT2D eigenvalue weighted by molar-refractivity contribution is -0.150. The Morgan fingerprint density at radius 3 is 2.35 bits per heavy atom. The van der Waals surface area contributed by atoms with Gasteiger partial charge in [-0.2, -0.15) is 0 Å². The highest BCUT2D eigenvalue weighted by atomic mass is 19.1. The van der Waals surface area contributed by atoms with Crippen molar-refractivity contribution in [3.8, 4) is 0 Å². The number of nitrogens with zero attached hydrogens (tertiary/aromatic N) is 1. The van der Waals surface area contributed by atoms with Crippen LogP contribution in [0, 0.1) is 18.7 Å². The number of halogens is 1. The lowest BCUT2D eigenvalue weighted by Gasteiger charge is -2.35. The Hall–Kier alpha value is -1.58. The van der Waals surface area contributed by atoms with Gasteiger partial charge in [-0.3, -0.25) is 0 Å². The number of carbonyl (C=O) groups is 1. The van der Waals surface area contributed by atoms with Gasteiger partial charge in [0.05, 0.1) is 6.10 Å². The molecule has 0 aliphatic carbocycles. The van der Waals surface area contributed by atoms with Gasteiger partial charge in [-0.1, -0.05) is 27.2 Å². The summed E-state index contributed by atoms with van der Waals surface area (Å²) in [6, 6.07) is 4.51. The van der Waals surface area contributed by atoms with E-state index in [1.165, 1.54) is 12.1 Å². The highest BCUT2D eigenvalue weighted by Gasteiger charge is 2.31. The number of hydrogen-bond donors (Lipinski definition) is 0. The Balaban J connectivity index is 3.21. The number of hydrogen-bond acceptors (Lipinski definition) is 3. The van der Waals surface area contributed by atoms with Crippen molar-refractivity contribution in [2.24, 2.45) is 5.92 Å². The maximum Gasteiger partial charge on any atom is 0.329 e. The van der Waals surface area contributed by atoms with E-state index in [9.17, 15) is 9.18 Å². The first kappa shape index (κ1) is 19.5. The lowest BCUT2D eigenvalue weighted by Crippen LogP contribution is -2.47. The molecular formula is C19H30FNO2. The number of esters is 1. The van der Waals surface area contributed by atoms with Crippen molar-refractivity contribution in [1.82, 2.24) is 0 Å². The molecule has 4 heteroatoms. The van der Waals surface area contributed by atoms with Crippen LogP contribution in [0.3, 0.4) is 0 Å². The molecule has 0 aliphatic heterocycles. The topological polar surface area (TPSA) is 29.5 Å². The summed E-state index contributed by atoms with van der Waals surface area (Å²) in [4.78, 5) is 14.6. The third kappa shape index (κ3) is 5.85. The molecule has 3 nitrogen and oxygen atoms in total. The van der Waals surface area contributed by atoms with Crippen LogP contribution in [0.25, 0.3) is 0 Å². The lowest BCUT2D eigenvalue weighted by atomic mass is 10.0. The highest BCUT2D eigenvalue weighted by Crippen LogP contribution is 2.25. The van der Waals surface area contributed by atoms with Crippen LogP contribution >= 0.6 is 0 Å². The monoisotopic (exact) mass is 323 g/mol. The molecule has 0 aromatic heterocycles. The van der Waals surface area contributed by atoms with E-state index in [-0.39, 0.29) is 23.8 Å². The van der Waals surface area contributed by atoms with Crippen molar-refractivity contribution in [1.29, 1.82) is 0 Å². The zero-order valence-corrected chi connectivity index (χ0v) is 15.2. The fraction of sp³-hybridized carbons (Fsp3) is 0.632. The predicted octanol–water partition coefficient (Wildman–Crippen LogP) is 4.72. The summed E-state index contributed by atoms with van der Waals surface area (Å²) < 4.78 is 19.3. The number of benzene rings is 1. The summed E-state index contributed by atoms with van der Waals surface area (Å²) in [6.07, 6.45) is 1.79. The van der Waals surface area contributed by atoms with E-state index in [0.29, 0.717) is 6.54 Å². The largest absolute Gasteiger partial charge is 0.461 e. The van der Waals surface area contributed by atoms with Gasteiger partial charge < -0.3 is 9.64 Å².